The van der Waals surface area contributed by atoms with E-state index in [0.717, 1.165) is 4.73 Å². The van der Waals surface area contributed by atoms with Crippen LogP contribution in [0.3, 0.4) is 0 Å². The molecule has 3 rings (SSSR count). The van der Waals surface area contributed by atoms with Crippen LogP contribution in [-0.4, -0.2) is 24.1 Å². The van der Waals surface area contributed by atoms with Gasteiger partial charge in [-0.1, -0.05) is 29.3 Å². The normalized spacial score (nSPS) is 15.8. The Balaban J connectivity index is 0.00000169. The fraction of sp³-hybridized carbons (Fsp3) is 0.250. The number of halogens is 4. The van der Waals surface area contributed by atoms with Gasteiger partial charge in [0.1, 0.15) is 5.69 Å². The van der Waals surface area contributed by atoms with Crippen LogP contribution in [0.4, 0.5) is 5.69 Å². The summed E-state index contributed by atoms with van der Waals surface area (Å²) in [6.07, 6.45) is 1.01. The molecule has 1 fully saturated rings. The Kier molecular flexibility index (Phi) is 9.12. The Hall–Kier alpha value is -1.06. The van der Waals surface area contributed by atoms with Gasteiger partial charge >= 0.3 is 0 Å². The van der Waals surface area contributed by atoms with Crippen LogP contribution in [0.1, 0.15) is 18.7 Å². The van der Waals surface area contributed by atoms with Crippen molar-refractivity contribution in [3.63, 3.8) is 0 Å². The number of guanidine groups is 1. The molecular formula is C16H18Br2Cl2N4O2. The van der Waals surface area contributed by atoms with Gasteiger partial charge in [-0.2, -0.15) is 4.73 Å². The summed E-state index contributed by atoms with van der Waals surface area (Å²) in [4.78, 5) is 10.3. The summed E-state index contributed by atoms with van der Waals surface area (Å²) < 4.78 is 0.788. The number of benzene rings is 1. The molecule has 1 aromatic heterocycles. The first-order valence-electron chi connectivity index (χ1n) is 7.45. The maximum Gasteiger partial charge on any atom is 0.224 e. The smallest absolute Gasteiger partial charge is 0.224 e. The average Bonchev–Trinajstić information content (AvgIpc) is 2.98. The third kappa shape index (κ3) is 5.23. The first-order chi connectivity index (χ1) is 11.6. The quantitative estimate of drug-likeness (QED) is 0.473. The molecule has 1 atom stereocenters. The van der Waals surface area contributed by atoms with Crippen molar-refractivity contribution in [3.05, 3.63) is 63.5 Å². The molecule has 10 heteroatoms. The van der Waals surface area contributed by atoms with Crippen LogP contribution in [-0.2, 0) is 4.84 Å². The highest BCUT2D eigenvalue weighted by Crippen LogP contribution is 2.33. The summed E-state index contributed by atoms with van der Waals surface area (Å²) in [6.45, 7) is 3.07. The maximum absolute atomic E-state index is 11.8. The zero-order valence-electron chi connectivity index (χ0n) is 13.8. The van der Waals surface area contributed by atoms with Crippen LogP contribution in [0.2, 0.25) is 10.0 Å². The summed E-state index contributed by atoms with van der Waals surface area (Å²) in [7, 11) is 0. The topological polar surface area (TPSA) is 63.8 Å². The lowest BCUT2D eigenvalue weighted by atomic mass is 10.2. The van der Waals surface area contributed by atoms with E-state index in [4.69, 9.17) is 28.0 Å². The van der Waals surface area contributed by atoms with Gasteiger partial charge in [0.05, 0.1) is 16.6 Å². The second-order valence-corrected chi connectivity index (χ2v) is 6.05. The van der Waals surface area contributed by atoms with E-state index in [1.165, 1.54) is 6.20 Å². The number of aliphatic imine (C=N–C) groups is 1. The van der Waals surface area contributed by atoms with Crippen LogP contribution < -0.4 is 10.0 Å². The van der Waals surface area contributed by atoms with E-state index in [2.05, 4.69) is 10.3 Å². The van der Waals surface area contributed by atoms with Crippen LogP contribution >= 0.6 is 57.2 Å². The molecule has 0 amide bonds. The molecule has 0 aliphatic carbocycles. The van der Waals surface area contributed by atoms with Crippen LogP contribution in [0.5, 0.6) is 0 Å². The van der Waals surface area contributed by atoms with E-state index in [1.807, 2.05) is 6.92 Å². The molecule has 1 aliphatic heterocycles. The fourth-order valence-electron chi connectivity index (χ4n) is 2.36. The molecule has 6 nitrogen and oxygen atoms in total. The highest BCUT2D eigenvalue weighted by Gasteiger charge is 2.25. The second-order valence-electron chi connectivity index (χ2n) is 5.23. The van der Waals surface area contributed by atoms with E-state index in [1.54, 1.807) is 41.5 Å². The van der Waals surface area contributed by atoms with Gasteiger partial charge in [0.25, 0.3) is 0 Å². The van der Waals surface area contributed by atoms with Gasteiger partial charge in [-0.05, 0) is 25.1 Å². The van der Waals surface area contributed by atoms with Crippen LogP contribution in [0.15, 0.2) is 47.6 Å². The van der Waals surface area contributed by atoms with Gasteiger partial charge in [0.15, 0.2) is 12.3 Å². The summed E-state index contributed by atoms with van der Waals surface area (Å²) in [6, 6.07) is 10.4. The molecule has 142 valence electrons. The average molecular weight is 529 g/mol. The van der Waals surface area contributed by atoms with Gasteiger partial charge in [-0.3, -0.25) is 4.84 Å². The number of hydrogen-bond acceptors (Lipinski definition) is 3. The maximum atomic E-state index is 11.8. The number of hydroxylamine groups is 2. The highest BCUT2D eigenvalue weighted by molar-refractivity contribution is 8.93. The highest BCUT2D eigenvalue weighted by atomic mass is 79.9. The molecular weight excluding hydrogens is 511 g/mol. The molecule has 0 spiro atoms. The van der Waals surface area contributed by atoms with Crippen molar-refractivity contribution in [2.75, 3.05) is 13.1 Å². The molecule has 1 aromatic carbocycles. The monoisotopic (exact) mass is 526 g/mol. The SMILES string of the molecule is Br.Br.CC(ON1CCN/C1=N\c1c(Cl)cccc1Cl)c1cccc[n+]1[O-]. The van der Waals surface area contributed by atoms with Gasteiger partial charge < -0.3 is 10.5 Å². The van der Waals surface area contributed by atoms with Crippen molar-refractivity contribution in [2.24, 2.45) is 4.99 Å². The predicted octanol–water partition coefficient (Wildman–Crippen LogP) is 4.37. The molecule has 1 saturated heterocycles. The minimum Gasteiger partial charge on any atom is -0.618 e. The van der Waals surface area contributed by atoms with Crippen LogP contribution in [0, 0.1) is 5.21 Å². The van der Waals surface area contributed by atoms with Crippen molar-refractivity contribution in [1.82, 2.24) is 10.4 Å². The number of rotatable bonds is 4. The molecule has 2 heterocycles. The summed E-state index contributed by atoms with van der Waals surface area (Å²) >= 11 is 12.3. The van der Waals surface area contributed by atoms with Gasteiger partial charge in [0, 0.05) is 18.7 Å². The zero-order chi connectivity index (χ0) is 17.1. The molecule has 0 radical (unpaired) electrons. The predicted molar refractivity (Wildman–Crippen MR) is 114 cm³/mol. The molecule has 1 N–H and O–H groups in total. The summed E-state index contributed by atoms with van der Waals surface area (Å²) in [5.41, 5.74) is 0.990. The molecule has 0 bridgehead atoms. The number of nitrogens with zero attached hydrogens (tertiary/aromatic N) is 3. The number of para-hydroxylation sites is 1. The number of aromatic nitrogens is 1. The van der Waals surface area contributed by atoms with E-state index in [9.17, 15) is 5.21 Å². The van der Waals surface area contributed by atoms with E-state index >= 15 is 0 Å². The first-order valence-corrected chi connectivity index (χ1v) is 8.21. The minimum absolute atomic E-state index is 0. The Labute approximate surface area is 182 Å². The lowest BCUT2D eigenvalue weighted by Gasteiger charge is -2.21. The lowest BCUT2D eigenvalue weighted by Crippen LogP contribution is -2.36. The van der Waals surface area contributed by atoms with Crippen molar-refractivity contribution >= 4 is 68.8 Å². The van der Waals surface area contributed by atoms with Crippen molar-refractivity contribution in [2.45, 2.75) is 13.0 Å². The van der Waals surface area contributed by atoms with Crippen molar-refractivity contribution in [1.29, 1.82) is 0 Å². The summed E-state index contributed by atoms with van der Waals surface area (Å²) in [5, 5.41) is 17.5. The molecule has 1 aliphatic rings. The second kappa shape index (κ2) is 10.3. The van der Waals surface area contributed by atoms with Gasteiger partial charge in [-0.25, -0.2) is 10.1 Å². The third-order valence-corrected chi connectivity index (χ3v) is 4.16. The van der Waals surface area contributed by atoms with Crippen molar-refractivity contribution < 1.29 is 9.57 Å². The van der Waals surface area contributed by atoms with Crippen LogP contribution in [0.25, 0.3) is 0 Å². The molecule has 0 saturated carbocycles. The number of hydrogen-bond donors (Lipinski definition) is 1. The molecule has 1 unspecified atom stereocenters. The summed E-state index contributed by atoms with van der Waals surface area (Å²) in [5.74, 6) is 0.505. The first kappa shape index (κ1) is 23.0. The standard InChI is InChI=1S/C16H16Cl2N4O2.2BrH/c1-11(14-7-2-3-9-21(14)23)24-22-10-8-19-16(22)20-15-12(17)5-4-6-13(15)18;;/h2-7,9,11H,8,10H2,1H3,(H,19,20);2*1H. The van der Waals surface area contributed by atoms with E-state index < -0.39 is 6.10 Å². The van der Waals surface area contributed by atoms with E-state index in [-0.39, 0.29) is 34.0 Å². The lowest BCUT2D eigenvalue weighted by molar-refractivity contribution is -0.619. The third-order valence-electron chi connectivity index (χ3n) is 3.55. The number of pyridine rings is 1. The Bertz CT molecular complexity index is 759. The zero-order valence-corrected chi connectivity index (χ0v) is 18.7. The fourth-order valence-corrected chi connectivity index (χ4v) is 2.85. The molecule has 26 heavy (non-hydrogen) atoms. The van der Waals surface area contributed by atoms with Gasteiger partial charge in [-0.15, -0.1) is 34.0 Å². The molecule has 2 aromatic rings. The van der Waals surface area contributed by atoms with Gasteiger partial charge in [0.2, 0.25) is 11.7 Å². The Morgan fingerprint density at radius 2 is 1.88 bits per heavy atom. The van der Waals surface area contributed by atoms with E-state index in [0.29, 0.717) is 40.5 Å². The largest absolute Gasteiger partial charge is 0.618 e. The van der Waals surface area contributed by atoms with Crippen molar-refractivity contribution in [3.8, 4) is 0 Å². The minimum atomic E-state index is -0.435. The Morgan fingerprint density at radius 1 is 1.19 bits per heavy atom. The number of nitrogens with one attached hydrogen (secondary N) is 1. The Morgan fingerprint density at radius 3 is 2.54 bits per heavy atom.